The molecular weight excluding hydrogens is 334 g/mol. The van der Waals surface area contributed by atoms with Gasteiger partial charge in [0.1, 0.15) is 5.82 Å². The zero-order valence-corrected chi connectivity index (χ0v) is 14.5. The van der Waals surface area contributed by atoms with Gasteiger partial charge in [-0.3, -0.25) is 4.79 Å². The third kappa shape index (κ3) is 4.37. The van der Waals surface area contributed by atoms with Gasteiger partial charge in [0, 0.05) is 29.0 Å². The first kappa shape index (κ1) is 17.0. The van der Waals surface area contributed by atoms with Crippen LogP contribution in [0.4, 0.5) is 11.5 Å². The van der Waals surface area contributed by atoms with Gasteiger partial charge in [0.05, 0.1) is 0 Å². The number of aromatic nitrogens is 1. The number of amides is 1. The second-order valence-electron chi connectivity index (χ2n) is 5.64. The van der Waals surface area contributed by atoms with Crippen molar-refractivity contribution in [3.05, 3.63) is 88.6 Å². The van der Waals surface area contributed by atoms with Crippen LogP contribution in [0.1, 0.15) is 21.5 Å². The Morgan fingerprint density at radius 3 is 2.64 bits per heavy atom. The van der Waals surface area contributed by atoms with Crippen LogP contribution in [0.5, 0.6) is 0 Å². The minimum absolute atomic E-state index is 0.171. The summed E-state index contributed by atoms with van der Waals surface area (Å²) in [5, 5.41) is 6.76. The van der Waals surface area contributed by atoms with E-state index >= 15 is 0 Å². The molecule has 5 heteroatoms. The summed E-state index contributed by atoms with van der Waals surface area (Å²) in [5.41, 5.74) is 3.49. The Hall–Kier alpha value is -2.85. The van der Waals surface area contributed by atoms with Gasteiger partial charge in [0.2, 0.25) is 0 Å². The van der Waals surface area contributed by atoms with E-state index in [0.29, 0.717) is 22.9 Å². The summed E-state index contributed by atoms with van der Waals surface area (Å²) in [6.07, 6.45) is 1.62. The molecule has 2 aromatic carbocycles. The summed E-state index contributed by atoms with van der Waals surface area (Å²) in [6.45, 7) is 2.39. The van der Waals surface area contributed by atoms with E-state index in [1.807, 2.05) is 49.4 Å². The van der Waals surface area contributed by atoms with Crippen LogP contribution >= 0.6 is 11.6 Å². The number of rotatable bonds is 5. The molecule has 0 saturated heterocycles. The minimum atomic E-state index is -0.171. The van der Waals surface area contributed by atoms with Gasteiger partial charge in [-0.1, -0.05) is 48.0 Å². The van der Waals surface area contributed by atoms with Crippen LogP contribution in [0.3, 0.4) is 0 Å². The smallest absolute Gasteiger partial charge is 0.251 e. The van der Waals surface area contributed by atoms with Gasteiger partial charge in [-0.05, 0) is 42.3 Å². The van der Waals surface area contributed by atoms with Crippen molar-refractivity contribution in [2.75, 3.05) is 5.32 Å². The van der Waals surface area contributed by atoms with Gasteiger partial charge in [0.25, 0.3) is 5.91 Å². The number of aryl methyl sites for hydroxylation is 1. The van der Waals surface area contributed by atoms with Crippen molar-refractivity contribution >= 4 is 29.0 Å². The normalized spacial score (nSPS) is 10.3. The van der Waals surface area contributed by atoms with Gasteiger partial charge >= 0.3 is 0 Å². The van der Waals surface area contributed by atoms with Gasteiger partial charge in [-0.2, -0.15) is 0 Å². The lowest BCUT2D eigenvalue weighted by Gasteiger charge is -2.10. The highest BCUT2D eigenvalue weighted by molar-refractivity contribution is 6.31. The van der Waals surface area contributed by atoms with E-state index in [1.54, 1.807) is 24.4 Å². The third-order valence-corrected chi connectivity index (χ3v) is 4.20. The molecule has 0 spiro atoms. The van der Waals surface area contributed by atoms with Crippen molar-refractivity contribution in [3.63, 3.8) is 0 Å². The number of anilines is 2. The monoisotopic (exact) mass is 351 g/mol. The van der Waals surface area contributed by atoms with Gasteiger partial charge in [-0.25, -0.2) is 4.98 Å². The number of pyridine rings is 1. The SMILES string of the molecule is Cc1ccccc1Nc1cc(C(=O)NCc2ccccc2Cl)ccn1. The number of halogens is 1. The van der Waals surface area contributed by atoms with Crippen molar-refractivity contribution in [2.45, 2.75) is 13.5 Å². The predicted octanol–water partition coefficient (Wildman–Crippen LogP) is 4.72. The molecular formula is C20H18ClN3O. The summed E-state index contributed by atoms with van der Waals surface area (Å²) in [7, 11) is 0. The maximum atomic E-state index is 12.4. The number of hydrogen-bond donors (Lipinski definition) is 2. The van der Waals surface area contributed by atoms with Crippen LogP contribution in [-0.2, 0) is 6.54 Å². The molecule has 0 aliphatic carbocycles. The average Bonchev–Trinajstić information content (AvgIpc) is 2.63. The molecule has 1 amide bonds. The second-order valence-corrected chi connectivity index (χ2v) is 6.05. The number of benzene rings is 2. The Balaban J connectivity index is 1.69. The van der Waals surface area contributed by atoms with E-state index in [2.05, 4.69) is 15.6 Å². The van der Waals surface area contributed by atoms with Crippen LogP contribution in [0.2, 0.25) is 5.02 Å². The second kappa shape index (κ2) is 7.81. The zero-order valence-electron chi connectivity index (χ0n) is 13.8. The number of carbonyl (C=O) groups is 1. The first-order valence-electron chi connectivity index (χ1n) is 7.94. The molecule has 3 rings (SSSR count). The maximum absolute atomic E-state index is 12.4. The molecule has 3 aromatic rings. The fourth-order valence-corrected chi connectivity index (χ4v) is 2.61. The van der Waals surface area contributed by atoms with E-state index in [0.717, 1.165) is 16.8 Å². The first-order valence-corrected chi connectivity index (χ1v) is 8.31. The number of nitrogens with one attached hydrogen (secondary N) is 2. The molecule has 1 heterocycles. The van der Waals surface area contributed by atoms with E-state index in [9.17, 15) is 4.79 Å². The number of carbonyl (C=O) groups excluding carboxylic acids is 1. The summed E-state index contributed by atoms with van der Waals surface area (Å²) >= 11 is 6.11. The van der Waals surface area contributed by atoms with E-state index in [1.165, 1.54) is 0 Å². The Bertz CT molecular complexity index is 895. The van der Waals surface area contributed by atoms with Crippen LogP contribution in [0, 0.1) is 6.92 Å². The van der Waals surface area contributed by atoms with Gasteiger partial charge in [0.15, 0.2) is 0 Å². The highest BCUT2D eigenvalue weighted by Crippen LogP contribution is 2.19. The molecule has 2 N–H and O–H groups in total. The van der Waals surface area contributed by atoms with E-state index < -0.39 is 0 Å². The maximum Gasteiger partial charge on any atom is 0.251 e. The summed E-state index contributed by atoms with van der Waals surface area (Å²) < 4.78 is 0. The lowest BCUT2D eigenvalue weighted by Crippen LogP contribution is -2.23. The largest absolute Gasteiger partial charge is 0.348 e. The van der Waals surface area contributed by atoms with Crippen molar-refractivity contribution in [1.29, 1.82) is 0 Å². The van der Waals surface area contributed by atoms with Crippen LogP contribution in [-0.4, -0.2) is 10.9 Å². The fraction of sp³-hybridized carbons (Fsp3) is 0.100. The van der Waals surface area contributed by atoms with Crippen molar-refractivity contribution in [2.24, 2.45) is 0 Å². The summed E-state index contributed by atoms with van der Waals surface area (Å²) in [6, 6.07) is 18.8. The topological polar surface area (TPSA) is 54.0 Å². The molecule has 126 valence electrons. The Morgan fingerprint density at radius 2 is 1.84 bits per heavy atom. The average molecular weight is 352 g/mol. The Kier molecular flexibility index (Phi) is 5.31. The number of hydrogen-bond acceptors (Lipinski definition) is 3. The van der Waals surface area contributed by atoms with Crippen molar-refractivity contribution in [1.82, 2.24) is 10.3 Å². The lowest BCUT2D eigenvalue weighted by molar-refractivity contribution is 0.0951. The fourth-order valence-electron chi connectivity index (χ4n) is 2.41. The molecule has 1 aromatic heterocycles. The quantitative estimate of drug-likeness (QED) is 0.699. The summed E-state index contributed by atoms with van der Waals surface area (Å²) in [4.78, 5) is 16.7. The lowest BCUT2D eigenvalue weighted by atomic mass is 10.2. The molecule has 0 aliphatic heterocycles. The van der Waals surface area contributed by atoms with Crippen LogP contribution in [0.25, 0.3) is 0 Å². The molecule has 0 atom stereocenters. The van der Waals surface area contributed by atoms with Crippen molar-refractivity contribution in [3.8, 4) is 0 Å². The minimum Gasteiger partial charge on any atom is -0.348 e. The van der Waals surface area contributed by atoms with Crippen LogP contribution < -0.4 is 10.6 Å². The van der Waals surface area contributed by atoms with Crippen LogP contribution in [0.15, 0.2) is 66.9 Å². The molecule has 0 radical (unpaired) electrons. The third-order valence-electron chi connectivity index (χ3n) is 3.83. The highest BCUT2D eigenvalue weighted by Gasteiger charge is 2.08. The molecule has 0 bridgehead atoms. The number of nitrogens with zero attached hydrogens (tertiary/aromatic N) is 1. The van der Waals surface area contributed by atoms with Crippen molar-refractivity contribution < 1.29 is 4.79 Å². The molecule has 0 saturated carbocycles. The van der Waals surface area contributed by atoms with E-state index in [4.69, 9.17) is 11.6 Å². The molecule has 0 fully saturated rings. The predicted molar refractivity (Wildman–Crippen MR) is 101 cm³/mol. The zero-order chi connectivity index (χ0) is 17.6. The standard InChI is InChI=1S/C20H18ClN3O/c1-14-6-2-5-9-18(14)24-19-12-15(10-11-22-19)20(25)23-13-16-7-3-4-8-17(16)21/h2-12H,13H2,1H3,(H,22,24)(H,23,25). The first-order chi connectivity index (χ1) is 12.1. The highest BCUT2D eigenvalue weighted by atomic mass is 35.5. The van der Waals surface area contributed by atoms with Gasteiger partial charge in [-0.15, -0.1) is 0 Å². The Morgan fingerprint density at radius 1 is 1.08 bits per heavy atom. The van der Waals surface area contributed by atoms with E-state index in [-0.39, 0.29) is 5.91 Å². The Labute approximate surface area is 151 Å². The molecule has 4 nitrogen and oxygen atoms in total. The molecule has 0 unspecified atom stereocenters. The molecule has 0 aliphatic rings. The van der Waals surface area contributed by atoms with Gasteiger partial charge < -0.3 is 10.6 Å². The molecule has 25 heavy (non-hydrogen) atoms. The summed E-state index contributed by atoms with van der Waals surface area (Å²) in [5.74, 6) is 0.454. The number of para-hydroxylation sites is 1.